The quantitative estimate of drug-likeness (QED) is 0.886. The van der Waals surface area contributed by atoms with E-state index in [-0.39, 0.29) is 24.6 Å². The molecule has 2 aromatic rings. The highest BCUT2D eigenvalue weighted by atomic mass is 16.4. The van der Waals surface area contributed by atoms with Crippen LogP contribution in [0.5, 0.6) is 0 Å². The number of oxazole rings is 1. The molecule has 1 heterocycles. The zero-order chi connectivity index (χ0) is 16.1. The molecule has 0 aliphatic heterocycles. The number of rotatable bonds is 6. The summed E-state index contributed by atoms with van der Waals surface area (Å²) in [5.41, 5.74) is 1.44. The van der Waals surface area contributed by atoms with Gasteiger partial charge in [-0.25, -0.2) is 4.98 Å². The molecule has 0 saturated carbocycles. The van der Waals surface area contributed by atoms with Gasteiger partial charge in [0.2, 0.25) is 5.76 Å². The number of nitrogens with zero attached hydrogens (tertiary/aromatic N) is 2. The molecule has 2 rings (SSSR count). The number of aliphatic carboxylic acids is 1. The minimum atomic E-state index is -0.948. The molecule has 0 aliphatic carbocycles. The first-order valence-corrected chi connectivity index (χ1v) is 6.96. The van der Waals surface area contributed by atoms with E-state index in [0.717, 1.165) is 5.56 Å². The van der Waals surface area contributed by atoms with Gasteiger partial charge in [-0.15, -0.1) is 0 Å². The molecule has 0 spiro atoms. The third kappa shape index (κ3) is 3.94. The number of aromatic nitrogens is 1. The summed E-state index contributed by atoms with van der Waals surface area (Å²) < 4.78 is 5.35. The molecular weight excluding hydrogens is 284 g/mol. The number of aryl methyl sites for hydroxylation is 2. The van der Waals surface area contributed by atoms with Crippen molar-refractivity contribution in [2.24, 2.45) is 0 Å². The first kappa shape index (κ1) is 15.8. The van der Waals surface area contributed by atoms with Gasteiger partial charge in [0, 0.05) is 20.0 Å². The lowest BCUT2D eigenvalue weighted by atomic mass is 10.2. The molecule has 0 atom stereocenters. The van der Waals surface area contributed by atoms with Crippen LogP contribution in [-0.4, -0.2) is 33.4 Å². The summed E-state index contributed by atoms with van der Waals surface area (Å²) in [7, 11) is 0. The predicted octanol–water partition coefficient (Wildman–Crippen LogP) is 2.41. The van der Waals surface area contributed by atoms with Crippen molar-refractivity contribution in [2.45, 2.75) is 26.8 Å². The second-order valence-corrected chi connectivity index (χ2v) is 5.00. The lowest BCUT2D eigenvalue weighted by Gasteiger charge is -2.21. The standard InChI is InChI=1S/C16H18N2O4/c1-11-15(22-12(2)17-11)16(21)18(9-8-14(19)20)10-13-6-4-3-5-7-13/h3-7H,8-10H2,1-2H3,(H,19,20). The van der Waals surface area contributed by atoms with Gasteiger partial charge >= 0.3 is 5.97 Å². The summed E-state index contributed by atoms with van der Waals surface area (Å²) in [6.45, 7) is 3.80. The van der Waals surface area contributed by atoms with E-state index in [1.54, 1.807) is 13.8 Å². The largest absolute Gasteiger partial charge is 0.481 e. The summed E-state index contributed by atoms with van der Waals surface area (Å²) in [6.07, 6.45) is -0.120. The van der Waals surface area contributed by atoms with Crippen molar-refractivity contribution in [3.05, 3.63) is 53.2 Å². The van der Waals surface area contributed by atoms with E-state index in [0.29, 0.717) is 18.1 Å². The van der Waals surface area contributed by atoms with Gasteiger partial charge in [-0.3, -0.25) is 9.59 Å². The minimum Gasteiger partial charge on any atom is -0.481 e. The van der Waals surface area contributed by atoms with Gasteiger partial charge < -0.3 is 14.4 Å². The molecule has 0 aliphatic rings. The van der Waals surface area contributed by atoms with E-state index in [9.17, 15) is 9.59 Å². The van der Waals surface area contributed by atoms with Gasteiger partial charge in [0.05, 0.1) is 12.1 Å². The molecule has 1 aromatic heterocycles. The van der Waals surface area contributed by atoms with Crippen LogP contribution < -0.4 is 0 Å². The van der Waals surface area contributed by atoms with Gasteiger partial charge in [-0.1, -0.05) is 30.3 Å². The third-order valence-electron chi connectivity index (χ3n) is 3.20. The number of carboxylic acid groups (broad SMARTS) is 1. The number of carbonyl (C=O) groups excluding carboxylic acids is 1. The fraction of sp³-hybridized carbons (Fsp3) is 0.312. The maximum absolute atomic E-state index is 12.6. The third-order valence-corrected chi connectivity index (χ3v) is 3.20. The van der Waals surface area contributed by atoms with Crippen LogP contribution in [0, 0.1) is 13.8 Å². The molecule has 0 fully saturated rings. The molecule has 0 unspecified atom stereocenters. The van der Waals surface area contributed by atoms with E-state index in [2.05, 4.69) is 4.98 Å². The molecule has 116 valence electrons. The Morgan fingerprint density at radius 2 is 1.91 bits per heavy atom. The topological polar surface area (TPSA) is 83.6 Å². The Hall–Kier alpha value is -2.63. The first-order valence-electron chi connectivity index (χ1n) is 6.96. The number of benzene rings is 1. The molecule has 1 N–H and O–H groups in total. The summed E-state index contributed by atoms with van der Waals surface area (Å²) in [5, 5.41) is 8.87. The molecular formula is C16H18N2O4. The zero-order valence-electron chi connectivity index (χ0n) is 12.6. The molecule has 1 amide bonds. The van der Waals surface area contributed by atoms with E-state index in [1.165, 1.54) is 4.90 Å². The summed E-state index contributed by atoms with van der Waals surface area (Å²) in [6, 6.07) is 9.41. The van der Waals surface area contributed by atoms with Gasteiger partial charge in [0.1, 0.15) is 0 Å². The molecule has 1 aromatic carbocycles. The van der Waals surface area contributed by atoms with Crippen LogP contribution in [-0.2, 0) is 11.3 Å². The number of hydrogen-bond donors (Lipinski definition) is 1. The van der Waals surface area contributed by atoms with Crippen LogP contribution in [0.3, 0.4) is 0 Å². The lowest BCUT2D eigenvalue weighted by molar-refractivity contribution is -0.137. The maximum Gasteiger partial charge on any atom is 0.305 e. The molecule has 0 saturated heterocycles. The van der Waals surface area contributed by atoms with E-state index in [4.69, 9.17) is 9.52 Å². The summed E-state index contributed by atoms with van der Waals surface area (Å²) in [4.78, 5) is 29.0. The monoisotopic (exact) mass is 302 g/mol. The molecule has 22 heavy (non-hydrogen) atoms. The maximum atomic E-state index is 12.6. The van der Waals surface area contributed by atoms with Gasteiger partial charge in [-0.2, -0.15) is 0 Å². The van der Waals surface area contributed by atoms with E-state index < -0.39 is 5.97 Å². The van der Waals surface area contributed by atoms with Crippen molar-refractivity contribution in [3.8, 4) is 0 Å². The highest BCUT2D eigenvalue weighted by Crippen LogP contribution is 2.15. The SMILES string of the molecule is Cc1nc(C)c(C(=O)N(CCC(=O)O)Cc2ccccc2)o1. The average molecular weight is 302 g/mol. The number of hydrogen-bond acceptors (Lipinski definition) is 4. The smallest absolute Gasteiger partial charge is 0.305 e. The van der Waals surface area contributed by atoms with Gasteiger partial charge in [0.15, 0.2) is 5.89 Å². The second-order valence-electron chi connectivity index (χ2n) is 5.00. The normalized spacial score (nSPS) is 10.5. The van der Waals surface area contributed by atoms with Gasteiger partial charge in [0.25, 0.3) is 5.91 Å². The van der Waals surface area contributed by atoms with Crippen LogP contribution >= 0.6 is 0 Å². The minimum absolute atomic E-state index is 0.113. The molecule has 0 bridgehead atoms. The Kier molecular flexibility index (Phi) is 4.93. The zero-order valence-corrected chi connectivity index (χ0v) is 12.6. The van der Waals surface area contributed by atoms with Crippen molar-refractivity contribution in [2.75, 3.05) is 6.54 Å². The van der Waals surface area contributed by atoms with Crippen LogP contribution in [0.1, 0.15) is 34.1 Å². The van der Waals surface area contributed by atoms with Crippen LogP contribution in [0.25, 0.3) is 0 Å². The average Bonchev–Trinajstić information content (AvgIpc) is 2.82. The number of carboxylic acids is 1. The molecule has 6 nitrogen and oxygen atoms in total. The van der Waals surface area contributed by atoms with Crippen molar-refractivity contribution in [3.63, 3.8) is 0 Å². The molecule has 0 radical (unpaired) electrons. The second kappa shape index (κ2) is 6.89. The molecule has 6 heteroatoms. The summed E-state index contributed by atoms with van der Waals surface area (Å²) >= 11 is 0. The van der Waals surface area contributed by atoms with Crippen molar-refractivity contribution in [1.29, 1.82) is 0 Å². The summed E-state index contributed by atoms with van der Waals surface area (Å²) in [5.74, 6) is -0.711. The van der Waals surface area contributed by atoms with Crippen LogP contribution in [0.4, 0.5) is 0 Å². The highest BCUT2D eigenvalue weighted by Gasteiger charge is 2.23. The van der Waals surface area contributed by atoms with E-state index >= 15 is 0 Å². The Morgan fingerprint density at radius 1 is 1.23 bits per heavy atom. The fourth-order valence-electron chi connectivity index (χ4n) is 2.16. The lowest BCUT2D eigenvalue weighted by Crippen LogP contribution is -2.32. The Balaban J connectivity index is 2.21. The van der Waals surface area contributed by atoms with Crippen molar-refractivity contribution in [1.82, 2.24) is 9.88 Å². The van der Waals surface area contributed by atoms with Gasteiger partial charge in [-0.05, 0) is 12.5 Å². The van der Waals surface area contributed by atoms with Crippen molar-refractivity contribution >= 4 is 11.9 Å². The first-order chi connectivity index (χ1) is 10.5. The fourth-order valence-corrected chi connectivity index (χ4v) is 2.16. The predicted molar refractivity (Wildman–Crippen MR) is 79.4 cm³/mol. The van der Waals surface area contributed by atoms with E-state index in [1.807, 2.05) is 30.3 Å². The highest BCUT2D eigenvalue weighted by molar-refractivity contribution is 5.92. The van der Waals surface area contributed by atoms with Crippen LogP contribution in [0.15, 0.2) is 34.7 Å². The Labute approximate surface area is 128 Å². The van der Waals surface area contributed by atoms with Crippen molar-refractivity contribution < 1.29 is 19.1 Å². The number of carbonyl (C=O) groups is 2. The Bertz CT molecular complexity index is 664. The Morgan fingerprint density at radius 3 is 2.45 bits per heavy atom. The van der Waals surface area contributed by atoms with Crippen LogP contribution in [0.2, 0.25) is 0 Å². The number of amides is 1.